The Bertz CT molecular complexity index is 829. The van der Waals surface area contributed by atoms with Gasteiger partial charge >= 0.3 is 5.97 Å². The highest BCUT2D eigenvalue weighted by molar-refractivity contribution is 8.00. The molecule has 0 spiro atoms. The molecule has 0 aliphatic heterocycles. The molecule has 0 saturated heterocycles. The van der Waals surface area contributed by atoms with Crippen LogP contribution in [-0.4, -0.2) is 24.7 Å². The predicted octanol–water partition coefficient (Wildman–Crippen LogP) is 3.76. The summed E-state index contributed by atoms with van der Waals surface area (Å²) in [5, 5.41) is 2.18. The molecule has 0 fully saturated rings. The number of benzene rings is 2. The molecule has 1 N–H and O–H groups in total. The van der Waals surface area contributed by atoms with Gasteiger partial charge in [0.15, 0.2) is 11.6 Å². The molecule has 2 aromatic carbocycles. The molecule has 0 aliphatic rings. The Hall–Kier alpha value is -2.55. The summed E-state index contributed by atoms with van der Waals surface area (Å²) < 4.78 is 57.5. The van der Waals surface area contributed by atoms with E-state index in [-0.39, 0.29) is 5.75 Å². The lowest BCUT2D eigenvalue weighted by atomic mass is 10.1. The fourth-order valence-corrected chi connectivity index (χ4v) is 2.53. The van der Waals surface area contributed by atoms with Crippen molar-refractivity contribution in [1.29, 1.82) is 0 Å². The van der Waals surface area contributed by atoms with Crippen LogP contribution in [0.25, 0.3) is 0 Å². The molecule has 25 heavy (non-hydrogen) atoms. The van der Waals surface area contributed by atoms with Crippen LogP contribution >= 0.6 is 11.8 Å². The van der Waals surface area contributed by atoms with Crippen LogP contribution in [0.2, 0.25) is 0 Å². The predicted molar refractivity (Wildman–Crippen MR) is 83.4 cm³/mol. The number of ether oxygens (including phenoxy) is 1. The maximum atomic E-state index is 13.7. The molecule has 4 nitrogen and oxygen atoms in total. The van der Waals surface area contributed by atoms with Gasteiger partial charge in [0.25, 0.3) is 0 Å². The van der Waals surface area contributed by atoms with Crippen molar-refractivity contribution in [2.24, 2.45) is 0 Å². The van der Waals surface area contributed by atoms with Crippen LogP contribution in [0.1, 0.15) is 10.4 Å². The number of anilines is 1. The number of thioether (sulfide) groups is 1. The van der Waals surface area contributed by atoms with Gasteiger partial charge in [-0.2, -0.15) is 0 Å². The third kappa shape index (κ3) is 4.72. The lowest BCUT2D eigenvalue weighted by Crippen LogP contribution is -2.16. The third-order valence-corrected chi connectivity index (χ3v) is 3.99. The van der Waals surface area contributed by atoms with E-state index in [0.29, 0.717) is 11.0 Å². The van der Waals surface area contributed by atoms with Crippen LogP contribution in [0.3, 0.4) is 0 Å². The van der Waals surface area contributed by atoms with Crippen LogP contribution < -0.4 is 5.32 Å². The number of methoxy groups -OCH3 is 1. The second-order valence-corrected chi connectivity index (χ2v) is 5.77. The first-order valence-electron chi connectivity index (χ1n) is 6.77. The van der Waals surface area contributed by atoms with Gasteiger partial charge in [-0.25, -0.2) is 22.4 Å². The van der Waals surface area contributed by atoms with E-state index in [0.717, 1.165) is 37.1 Å². The average molecular weight is 373 g/mol. The topological polar surface area (TPSA) is 55.4 Å². The second-order valence-electron chi connectivity index (χ2n) is 4.72. The molecule has 0 radical (unpaired) electrons. The van der Waals surface area contributed by atoms with Gasteiger partial charge in [-0.3, -0.25) is 4.79 Å². The molecule has 0 bridgehead atoms. The minimum atomic E-state index is -1.13. The molecule has 9 heteroatoms. The Kier molecular flexibility index (Phi) is 6.02. The van der Waals surface area contributed by atoms with E-state index in [2.05, 4.69) is 10.1 Å². The molecule has 1 amide bonds. The number of hydrogen-bond donors (Lipinski definition) is 1. The second kappa shape index (κ2) is 8.02. The minimum absolute atomic E-state index is 0.241. The largest absolute Gasteiger partial charge is 0.465 e. The van der Waals surface area contributed by atoms with Crippen molar-refractivity contribution < 1.29 is 31.9 Å². The molecule has 0 aliphatic carbocycles. The van der Waals surface area contributed by atoms with E-state index < -0.39 is 46.4 Å². The summed E-state index contributed by atoms with van der Waals surface area (Å²) in [5.41, 5.74) is -0.940. The summed E-state index contributed by atoms with van der Waals surface area (Å²) in [4.78, 5) is 23.5. The van der Waals surface area contributed by atoms with Crippen LogP contribution in [0, 0.1) is 23.3 Å². The van der Waals surface area contributed by atoms with Gasteiger partial charge in [0.1, 0.15) is 11.6 Å². The van der Waals surface area contributed by atoms with Crippen molar-refractivity contribution in [3.8, 4) is 0 Å². The monoisotopic (exact) mass is 373 g/mol. The van der Waals surface area contributed by atoms with E-state index in [9.17, 15) is 27.2 Å². The Balaban J connectivity index is 2.07. The number of amides is 1. The lowest BCUT2D eigenvalue weighted by molar-refractivity contribution is -0.113. The molecule has 0 saturated carbocycles. The third-order valence-electron chi connectivity index (χ3n) is 3.00. The molecule has 132 valence electrons. The van der Waals surface area contributed by atoms with Gasteiger partial charge in [-0.1, -0.05) is 0 Å². The van der Waals surface area contributed by atoms with Crippen LogP contribution in [-0.2, 0) is 9.53 Å². The van der Waals surface area contributed by atoms with Gasteiger partial charge in [0.05, 0.1) is 24.1 Å². The molecule has 0 heterocycles. The Morgan fingerprint density at radius 1 is 1.00 bits per heavy atom. The summed E-state index contributed by atoms with van der Waals surface area (Å²) in [5.74, 6) is -6.22. The highest BCUT2D eigenvalue weighted by Crippen LogP contribution is 2.23. The van der Waals surface area contributed by atoms with Crippen LogP contribution in [0.4, 0.5) is 23.2 Å². The first-order chi connectivity index (χ1) is 11.8. The van der Waals surface area contributed by atoms with Crippen molar-refractivity contribution in [3.63, 3.8) is 0 Å². The Labute approximate surface area is 144 Å². The molecule has 0 aromatic heterocycles. The maximum absolute atomic E-state index is 13.7. The zero-order chi connectivity index (χ0) is 18.6. The van der Waals surface area contributed by atoms with Gasteiger partial charge in [0.2, 0.25) is 5.91 Å². The molecular formula is C16H11F4NO3S. The fraction of sp³-hybridized carbons (Fsp3) is 0.125. The minimum Gasteiger partial charge on any atom is -0.465 e. The molecular weight excluding hydrogens is 362 g/mol. The molecule has 0 atom stereocenters. The van der Waals surface area contributed by atoms with Crippen molar-refractivity contribution in [2.45, 2.75) is 4.90 Å². The van der Waals surface area contributed by atoms with Gasteiger partial charge in [0, 0.05) is 11.0 Å². The average Bonchev–Trinajstić information content (AvgIpc) is 2.57. The zero-order valence-electron chi connectivity index (χ0n) is 12.7. The van der Waals surface area contributed by atoms with Gasteiger partial charge < -0.3 is 10.1 Å². The highest BCUT2D eigenvalue weighted by atomic mass is 32.2. The SMILES string of the molecule is COC(=O)c1cc(NC(=O)CSc2ccc(F)c(F)c2)c(F)cc1F. The number of nitrogens with one attached hydrogen (secondary N) is 1. The highest BCUT2D eigenvalue weighted by Gasteiger charge is 2.18. The van der Waals surface area contributed by atoms with E-state index in [1.54, 1.807) is 0 Å². The zero-order valence-corrected chi connectivity index (χ0v) is 13.6. The van der Waals surface area contributed by atoms with E-state index >= 15 is 0 Å². The van der Waals surface area contributed by atoms with E-state index in [4.69, 9.17) is 0 Å². The standard InChI is InChI=1S/C16H11F4NO3S/c1-24-16(23)9-5-14(13(20)6-11(9)18)21-15(22)7-25-8-2-3-10(17)12(19)4-8/h2-6H,7H2,1H3,(H,21,22). The smallest absolute Gasteiger partial charge is 0.340 e. The summed E-state index contributed by atoms with van der Waals surface area (Å²) >= 11 is 0.888. The number of hydrogen-bond acceptors (Lipinski definition) is 4. The summed E-state index contributed by atoms with van der Waals surface area (Å²) in [6, 6.07) is 4.38. The Morgan fingerprint density at radius 2 is 1.72 bits per heavy atom. The van der Waals surface area contributed by atoms with Crippen molar-refractivity contribution in [1.82, 2.24) is 0 Å². The first kappa shape index (κ1) is 18.8. The quantitative estimate of drug-likeness (QED) is 0.493. The first-order valence-corrected chi connectivity index (χ1v) is 7.75. The van der Waals surface area contributed by atoms with Gasteiger partial charge in [-0.05, 0) is 24.3 Å². The van der Waals surface area contributed by atoms with Gasteiger partial charge in [-0.15, -0.1) is 11.8 Å². The lowest BCUT2D eigenvalue weighted by Gasteiger charge is -2.09. The normalized spacial score (nSPS) is 10.4. The number of carbonyl (C=O) groups excluding carboxylic acids is 2. The fourth-order valence-electron chi connectivity index (χ4n) is 1.81. The summed E-state index contributed by atoms with van der Waals surface area (Å²) in [6.07, 6.45) is 0. The number of esters is 1. The van der Waals surface area contributed by atoms with Crippen molar-refractivity contribution >= 4 is 29.3 Å². The Morgan fingerprint density at radius 3 is 2.36 bits per heavy atom. The number of rotatable bonds is 5. The van der Waals surface area contributed by atoms with E-state index in [1.165, 1.54) is 6.07 Å². The number of halogens is 4. The molecule has 2 rings (SSSR count). The molecule has 2 aromatic rings. The summed E-state index contributed by atoms with van der Waals surface area (Å²) in [6.45, 7) is 0. The summed E-state index contributed by atoms with van der Waals surface area (Å²) in [7, 11) is 1.03. The van der Waals surface area contributed by atoms with Crippen molar-refractivity contribution in [3.05, 3.63) is 59.2 Å². The van der Waals surface area contributed by atoms with E-state index in [1.807, 2.05) is 0 Å². The van der Waals surface area contributed by atoms with Crippen molar-refractivity contribution in [2.75, 3.05) is 18.2 Å². The number of carbonyl (C=O) groups is 2. The maximum Gasteiger partial charge on any atom is 0.340 e. The molecule has 0 unspecified atom stereocenters. The van der Waals surface area contributed by atoms with Crippen LogP contribution in [0.15, 0.2) is 35.2 Å². The van der Waals surface area contributed by atoms with Crippen LogP contribution in [0.5, 0.6) is 0 Å².